The Balaban J connectivity index is 1.95. The lowest BCUT2D eigenvalue weighted by molar-refractivity contribution is -0.121. The van der Waals surface area contributed by atoms with Crippen molar-refractivity contribution in [3.8, 4) is 0 Å². The van der Waals surface area contributed by atoms with Gasteiger partial charge in [0.05, 0.1) is 31.1 Å². The highest BCUT2D eigenvalue weighted by Gasteiger charge is 2.11. The van der Waals surface area contributed by atoms with Gasteiger partial charge < -0.3 is 15.4 Å². The molecule has 3 N–H and O–H groups in total. The summed E-state index contributed by atoms with van der Waals surface area (Å²) in [5.41, 5.74) is 1.83. The fourth-order valence-electron chi connectivity index (χ4n) is 2.47. The minimum Gasteiger partial charge on any atom is -0.378 e. The zero-order valence-corrected chi connectivity index (χ0v) is 14.0. The predicted molar refractivity (Wildman–Crippen MR) is 89.1 cm³/mol. The Kier molecular flexibility index (Phi) is 7.60. The fourth-order valence-corrected chi connectivity index (χ4v) is 2.47. The molecular weight excluding hydrogens is 310 g/mol. The van der Waals surface area contributed by atoms with Crippen LogP contribution in [0.4, 0.5) is 0 Å². The highest BCUT2D eigenvalue weighted by Crippen LogP contribution is 2.04. The molecule has 1 aliphatic rings. The number of hydrogen-bond donors (Lipinski definition) is 3. The number of hydrogen-bond acceptors (Lipinski definition) is 6. The van der Waals surface area contributed by atoms with E-state index in [1.807, 2.05) is 18.2 Å². The van der Waals surface area contributed by atoms with Gasteiger partial charge in [0, 0.05) is 39.8 Å². The molecule has 1 saturated heterocycles. The Hall–Kier alpha value is -2.03. The molecule has 24 heavy (non-hydrogen) atoms. The van der Waals surface area contributed by atoms with Crippen LogP contribution in [0.5, 0.6) is 0 Å². The highest BCUT2D eigenvalue weighted by molar-refractivity contribution is 5.81. The number of amides is 2. The van der Waals surface area contributed by atoms with E-state index in [4.69, 9.17) is 4.74 Å². The van der Waals surface area contributed by atoms with Crippen molar-refractivity contribution in [2.75, 3.05) is 46.4 Å². The molecule has 8 nitrogen and oxygen atoms in total. The fraction of sp³-hybridized carbons (Fsp3) is 0.562. The third kappa shape index (κ3) is 6.61. The molecule has 2 rings (SSSR count). The molecule has 1 aromatic heterocycles. The normalized spacial score (nSPS) is 18.2. The van der Waals surface area contributed by atoms with E-state index in [0.29, 0.717) is 39.3 Å². The maximum Gasteiger partial charge on any atom is 0.234 e. The van der Waals surface area contributed by atoms with Crippen molar-refractivity contribution in [2.24, 2.45) is 0 Å². The molecule has 0 unspecified atom stereocenters. The zero-order valence-electron chi connectivity index (χ0n) is 14.0. The van der Waals surface area contributed by atoms with Gasteiger partial charge in [-0.25, -0.2) is 0 Å². The van der Waals surface area contributed by atoms with Crippen LogP contribution in [0.2, 0.25) is 0 Å². The number of rotatable bonds is 4. The van der Waals surface area contributed by atoms with Crippen molar-refractivity contribution < 1.29 is 14.3 Å². The molecule has 2 heterocycles. The molecular formula is C16H25N5O3. The number of pyridine rings is 1. The number of aromatic nitrogens is 1. The quantitative estimate of drug-likeness (QED) is 0.644. The Morgan fingerprint density at radius 3 is 2.33 bits per heavy atom. The van der Waals surface area contributed by atoms with Crippen LogP contribution in [-0.2, 0) is 27.5 Å². The van der Waals surface area contributed by atoms with Crippen molar-refractivity contribution in [1.29, 1.82) is 0 Å². The van der Waals surface area contributed by atoms with Gasteiger partial charge in [-0.2, -0.15) is 0 Å². The lowest BCUT2D eigenvalue weighted by Crippen LogP contribution is -2.45. The molecule has 0 saturated carbocycles. The lowest BCUT2D eigenvalue weighted by Gasteiger charge is -2.23. The summed E-state index contributed by atoms with van der Waals surface area (Å²) in [5, 5.41) is 8.51. The van der Waals surface area contributed by atoms with Gasteiger partial charge in [-0.1, -0.05) is 6.07 Å². The van der Waals surface area contributed by atoms with Crippen molar-refractivity contribution in [3.63, 3.8) is 0 Å². The summed E-state index contributed by atoms with van der Waals surface area (Å²) in [7, 11) is 1.64. The van der Waals surface area contributed by atoms with E-state index in [1.54, 1.807) is 7.11 Å². The van der Waals surface area contributed by atoms with Crippen molar-refractivity contribution in [3.05, 3.63) is 29.6 Å². The van der Waals surface area contributed by atoms with Crippen molar-refractivity contribution in [1.82, 2.24) is 25.8 Å². The average molecular weight is 335 g/mol. The highest BCUT2D eigenvalue weighted by atomic mass is 16.5. The second-order valence-electron chi connectivity index (χ2n) is 5.63. The van der Waals surface area contributed by atoms with Crippen LogP contribution in [0, 0.1) is 0 Å². The van der Waals surface area contributed by atoms with Crippen molar-refractivity contribution in [2.45, 2.75) is 13.2 Å². The van der Waals surface area contributed by atoms with Gasteiger partial charge in [0.1, 0.15) is 0 Å². The number of nitrogens with one attached hydrogen (secondary N) is 3. The van der Waals surface area contributed by atoms with Crippen LogP contribution in [0.15, 0.2) is 18.2 Å². The van der Waals surface area contributed by atoms with Gasteiger partial charge in [0.2, 0.25) is 11.8 Å². The predicted octanol–water partition coefficient (Wildman–Crippen LogP) is -1.13. The first kappa shape index (κ1) is 18.3. The monoisotopic (exact) mass is 335 g/mol. The van der Waals surface area contributed by atoms with Gasteiger partial charge >= 0.3 is 0 Å². The first-order valence-corrected chi connectivity index (χ1v) is 8.07. The molecule has 0 atom stereocenters. The molecule has 8 heteroatoms. The van der Waals surface area contributed by atoms with Gasteiger partial charge in [0.25, 0.3) is 0 Å². The Morgan fingerprint density at radius 1 is 1.08 bits per heavy atom. The molecule has 1 aliphatic heterocycles. The number of nitrogens with zero attached hydrogens (tertiary/aromatic N) is 2. The SMILES string of the molecule is COCc1cccc(CN2CCNC(=O)CNCC(=O)NCC2)n1. The van der Waals surface area contributed by atoms with Crippen LogP contribution < -0.4 is 16.0 Å². The van der Waals surface area contributed by atoms with E-state index in [9.17, 15) is 9.59 Å². The van der Waals surface area contributed by atoms with E-state index < -0.39 is 0 Å². The first-order valence-electron chi connectivity index (χ1n) is 8.07. The topological polar surface area (TPSA) is 95.6 Å². The number of carbonyl (C=O) groups is 2. The van der Waals surface area contributed by atoms with Crippen molar-refractivity contribution >= 4 is 11.8 Å². The third-order valence-corrected chi connectivity index (χ3v) is 3.61. The number of methoxy groups -OCH3 is 1. The third-order valence-electron chi connectivity index (χ3n) is 3.61. The Morgan fingerprint density at radius 2 is 1.71 bits per heavy atom. The summed E-state index contributed by atoms with van der Waals surface area (Å²) in [6.45, 7) is 3.94. The standard InChI is InChI=1S/C16H25N5O3/c1-24-12-14-4-2-3-13(20-14)11-21-7-5-18-15(22)9-17-10-16(23)19-6-8-21/h2-4,17H,5-12H2,1H3,(H,18,22)(H,19,23). The smallest absolute Gasteiger partial charge is 0.234 e. The van der Waals surface area contributed by atoms with Crippen LogP contribution in [0.25, 0.3) is 0 Å². The van der Waals surface area contributed by atoms with Crippen LogP contribution in [0.1, 0.15) is 11.4 Å². The van der Waals surface area contributed by atoms with Crippen LogP contribution >= 0.6 is 0 Å². The second kappa shape index (κ2) is 9.96. The lowest BCUT2D eigenvalue weighted by atomic mass is 10.3. The van der Waals surface area contributed by atoms with Gasteiger partial charge in [-0.15, -0.1) is 0 Å². The summed E-state index contributed by atoms with van der Waals surface area (Å²) in [5.74, 6) is -0.216. The minimum absolute atomic E-state index is 0.108. The molecule has 0 radical (unpaired) electrons. The van der Waals surface area contributed by atoms with E-state index in [1.165, 1.54) is 0 Å². The van der Waals surface area contributed by atoms with Gasteiger partial charge in [-0.3, -0.25) is 24.8 Å². The maximum absolute atomic E-state index is 11.6. The Bertz CT molecular complexity index is 530. The van der Waals surface area contributed by atoms with E-state index in [-0.39, 0.29) is 24.9 Å². The largest absolute Gasteiger partial charge is 0.378 e. The van der Waals surface area contributed by atoms with Crippen LogP contribution in [0.3, 0.4) is 0 Å². The first-order chi connectivity index (χ1) is 11.7. The maximum atomic E-state index is 11.6. The zero-order chi connectivity index (χ0) is 17.2. The molecule has 1 aromatic rings. The summed E-state index contributed by atoms with van der Waals surface area (Å²) < 4.78 is 5.11. The molecule has 0 aliphatic carbocycles. The van der Waals surface area contributed by atoms with Gasteiger partial charge in [0.15, 0.2) is 0 Å². The number of ether oxygens (including phenoxy) is 1. The van der Waals surface area contributed by atoms with E-state index in [2.05, 4.69) is 25.8 Å². The molecule has 0 aromatic carbocycles. The summed E-state index contributed by atoms with van der Waals surface area (Å²) >= 11 is 0. The molecule has 1 fully saturated rings. The molecule has 132 valence electrons. The summed E-state index contributed by atoms with van der Waals surface area (Å²) in [6.07, 6.45) is 0. The Labute approximate surface area is 142 Å². The molecule has 0 bridgehead atoms. The van der Waals surface area contributed by atoms with E-state index in [0.717, 1.165) is 11.4 Å². The average Bonchev–Trinajstić information content (AvgIpc) is 2.54. The summed E-state index contributed by atoms with van der Waals surface area (Å²) in [4.78, 5) is 30.0. The summed E-state index contributed by atoms with van der Waals surface area (Å²) in [6, 6.07) is 5.86. The van der Waals surface area contributed by atoms with Crippen LogP contribution in [-0.4, -0.2) is 68.1 Å². The second-order valence-corrected chi connectivity index (χ2v) is 5.63. The van der Waals surface area contributed by atoms with Gasteiger partial charge in [-0.05, 0) is 12.1 Å². The van der Waals surface area contributed by atoms with E-state index >= 15 is 0 Å². The minimum atomic E-state index is -0.108. The number of carbonyl (C=O) groups excluding carboxylic acids is 2. The molecule has 2 amide bonds. The molecule has 0 spiro atoms.